The van der Waals surface area contributed by atoms with Gasteiger partial charge in [-0.15, -0.1) is 0 Å². The Labute approximate surface area is 130 Å². The zero-order valence-corrected chi connectivity index (χ0v) is 13.8. The smallest absolute Gasteiger partial charge is 0.357 e. The Morgan fingerprint density at radius 1 is 1.27 bits per heavy atom. The first kappa shape index (κ1) is 20.5. The molecule has 0 fully saturated rings. The van der Waals surface area contributed by atoms with Crippen molar-refractivity contribution < 1.29 is 18.0 Å². The topological polar surface area (TPSA) is 56.7 Å². The van der Waals surface area contributed by atoms with E-state index in [0.717, 1.165) is 19.9 Å². The Morgan fingerprint density at radius 3 is 2.41 bits per heavy atom. The Morgan fingerprint density at radius 2 is 1.91 bits per heavy atom. The lowest BCUT2D eigenvalue weighted by atomic mass is 10.1. The molecule has 0 aliphatic rings. The molecule has 0 saturated carbocycles. The summed E-state index contributed by atoms with van der Waals surface area (Å²) in [6, 6.07) is 0. The minimum absolute atomic E-state index is 0.313. The van der Waals surface area contributed by atoms with Gasteiger partial charge in [-0.05, 0) is 25.7 Å². The molecule has 0 bridgehead atoms. The average molecular weight is 324 g/mol. The van der Waals surface area contributed by atoms with Crippen LogP contribution < -0.4 is 10.6 Å². The molecule has 0 aromatic rings. The van der Waals surface area contributed by atoms with Crippen LogP contribution in [0.1, 0.15) is 33.6 Å². The molecule has 2 N–H and O–H groups in total. The number of carbonyl (C=O) groups excluding carboxylic acids is 1. The summed E-state index contributed by atoms with van der Waals surface area (Å²) in [7, 11) is 1.12. The third-order valence-electron chi connectivity index (χ3n) is 2.81. The zero-order valence-electron chi connectivity index (χ0n) is 13.8. The molecule has 0 atom stereocenters. The summed E-state index contributed by atoms with van der Waals surface area (Å²) in [4.78, 5) is 16.3. The van der Waals surface area contributed by atoms with Crippen molar-refractivity contribution in [3.8, 4) is 0 Å². The highest BCUT2D eigenvalue weighted by Gasteiger charge is 2.30. The Bertz CT molecular complexity index is 356. The summed E-state index contributed by atoms with van der Waals surface area (Å²) in [5.74, 6) is 0.385. The maximum atomic E-state index is 12.2. The van der Waals surface area contributed by atoms with Gasteiger partial charge in [0.25, 0.3) is 0 Å². The van der Waals surface area contributed by atoms with Gasteiger partial charge in [0.2, 0.25) is 5.91 Å². The Hall–Kier alpha value is -1.47. The van der Waals surface area contributed by atoms with Crippen LogP contribution in [0.25, 0.3) is 0 Å². The molecule has 0 spiro atoms. The molecular weight excluding hydrogens is 297 g/mol. The number of guanidine groups is 1. The monoisotopic (exact) mass is 324 g/mol. The Balaban J connectivity index is 4.32. The van der Waals surface area contributed by atoms with Crippen LogP contribution in [0.3, 0.4) is 0 Å². The first-order valence-electron chi connectivity index (χ1n) is 7.48. The van der Waals surface area contributed by atoms with Gasteiger partial charge in [0.1, 0.15) is 13.1 Å². The molecule has 1 amide bonds. The normalized spacial score (nSPS) is 12.5. The van der Waals surface area contributed by atoms with Gasteiger partial charge in [0.15, 0.2) is 5.96 Å². The quantitative estimate of drug-likeness (QED) is 0.408. The van der Waals surface area contributed by atoms with E-state index < -0.39 is 18.6 Å². The second-order valence-electron chi connectivity index (χ2n) is 5.52. The fourth-order valence-electron chi connectivity index (χ4n) is 1.68. The number of aliphatic imine (C=N–C) groups is 1. The fourth-order valence-corrected chi connectivity index (χ4v) is 1.68. The SMILES string of the molecule is CCNC(=NCC(=O)N(C)CC(F)(F)F)NCCCC(C)C. The van der Waals surface area contributed by atoms with Crippen molar-refractivity contribution in [1.29, 1.82) is 0 Å². The highest BCUT2D eigenvalue weighted by molar-refractivity contribution is 5.84. The molecule has 0 radical (unpaired) electrons. The predicted octanol–water partition coefficient (Wildman–Crippen LogP) is 2.00. The molecule has 130 valence electrons. The third-order valence-corrected chi connectivity index (χ3v) is 2.81. The van der Waals surface area contributed by atoms with Crippen molar-refractivity contribution in [1.82, 2.24) is 15.5 Å². The lowest BCUT2D eigenvalue weighted by Gasteiger charge is -2.18. The van der Waals surface area contributed by atoms with Crippen molar-refractivity contribution in [2.45, 2.75) is 39.8 Å². The minimum atomic E-state index is -4.40. The molecular formula is C14H27F3N4O. The van der Waals surface area contributed by atoms with E-state index in [2.05, 4.69) is 29.5 Å². The molecule has 5 nitrogen and oxygen atoms in total. The number of amides is 1. The van der Waals surface area contributed by atoms with Gasteiger partial charge in [0.05, 0.1) is 0 Å². The number of nitrogens with one attached hydrogen (secondary N) is 2. The zero-order chi connectivity index (χ0) is 17.2. The molecule has 0 unspecified atom stereocenters. The standard InChI is InChI=1S/C14H27F3N4O/c1-5-18-13(19-8-6-7-11(2)3)20-9-12(22)21(4)10-14(15,16)17/h11H,5-10H2,1-4H3,(H2,18,19,20). The average Bonchev–Trinajstić information content (AvgIpc) is 2.38. The van der Waals surface area contributed by atoms with E-state index in [1.165, 1.54) is 0 Å². The van der Waals surface area contributed by atoms with Crippen molar-refractivity contribution in [3.05, 3.63) is 0 Å². The van der Waals surface area contributed by atoms with Crippen LogP contribution in [0.5, 0.6) is 0 Å². The summed E-state index contributed by atoms with van der Waals surface area (Å²) >= 11 is 0. The van der Waals surface area contributed by atoms with Gasteiger partial charge in [-0.25, -0.2) is 4.99 Å². The molecule has 0 rings (SSSR count). The highest BCUT2D eigenvalue weighted by Crippen LogP contribution is 2.15. The van der Waals surface area contributed by atoms with Crippen molar-refractivity contribution in [3.63, 3.8) is 0 Å². The molecule has 0 aromatic carbocycles. The summed E-state index contributed by atoms with van der Waals surface area (Å²) in [6.45, 7) is 5.89. The van der Waals surface area contributed by atoms with E-state index in [1.54, 1.807) is 0 Å². The molecule has 0 aliphatic carbocycles. The largest absolute Gasteiger partial charge is 0.406 e. The first-order valence-corrected chi connectivity index (χ1v) is 7.48. The lowest BCUT2D eigenvalue weighted by molar-refractivity contribution is -0.157. The van der Waals surface area contributed by atoms with E-state index in [9.17, 15) is 18.0 Å². The van der Waals surface area contributed by atoms with Gasteiger partial charge in [-0.1, -0.05) is 13.8 Å². The van der Waals surface area contributed by atoms with Gasteiger partial charge in [-0.2, -0.15) is 13.2 Å². The maximum Gasteiger partial charge on any atom is 0.406 e. The van der Waals surface area contributed by atoms with Gasteiger partial charge in [0, 0.05) is 20.1 Å². The summed E-state index contributed by atoms with van der Waals surface area (Å²) in [5.41, 5.74) is 0. The number of hydrogen-bond donors (Lipinski definition) is 2. The van der Waals surface area contributed by atoms with Crippen LogP contribution in [0.4, 0.5) is 13.2 Å². The second kappa shape index (κ2) is 10.3. The summed E-state index contributed by atoms with van der Waals surface area (Å²) < 4.78 is 36.6. The third kappa shape index (κ3) is 11.2. The number of alkyl halides is 3. The van der Waals surface area contributed by atoms with Gasteiger partial charge < -0.3 is 15.5 Å². The molecule has 0 aliphatic heterocycles. The van der Waals surface area contributed by atoms with Crippen LogP contribution in [0.2, 0.25) is 0 Å². The minimum Gasteiger partial charge on any atom is -0.357 e. The van der Waals surface area contributed by atoms with Crippen molar-refractivity contribution in [2.24, 2.45) is 10.9 Å². The molecule has 0 heterocycles. The van der Waals surface area contributed by atoms with E-state index >= 15 is 0 Å². The van der Waals surface area contributed by atoms with E-state index in [0.29, 0.717) is 29.9 Å². The summed E-state index contributed by atoms with van der Waals surface area (Å²) in [5, 5.41) is 6.02. The van der Waals surface area contributed by atoms with E-state index in [1.807, 2.05) is 6.92 Å². The van der Waals surface area contributed by atoms with Crippen molar-refractivity contribution >= 4 is 11.9 Å². The van der Waals surface area contributed by atoms with Crippen LogP contribution >= 0.6 is 0 Å². The summed E-state index contributed by atoms with van der Waals surface area (Å²) in [6.07, 6.45) is -2.36. The molecule has 22 heavy (non-hydrogen) atoms. The lowest BCUT2D eigenvalue weighted by Crippen LogP contribution is -2.40. The fraction of sp³-hybridized carbons (Fsp3) is 0.857. The van der Waals surface area contributed by atoms with E-state index in [4.69, 9.17) is 0 Å². The van der Waals surface area contributed by atoms with Gasteiger partial charge in [-0.3, -0.25) is 4.79 Å². The van der Waals surface area contributed by atoms with E-state index in [-0.39, 0.29) is 6.54 Å². The van der Waals surface area contributed by atoms with Crippen LogP contribution in [0, 0.1) is 5.92 Å². The predicted molar refractivity (Wildman–Crippen MR) is 81.7 cm³/mol. The number of hydrogen-bond acceptors (Lipinski definition) is 2. The molecule has 8 heteroatoms. The number of rotatable bonds is 8. The number of nitrogens with zero attached hydrogens (tertiary/aromatic N) is 2. The number of carbonyl (C=O) groups is 1. The highest BCUT2D eigenvalue weighted by atomic mass is 19.4. The number of halogens is 3. The second-order valence-corrected chi connectivity index (χ2v) is 5.52. The molecule has 0 aromatic heterocycles. The maximum absolute atomic E-state index is 12.2. The van der Waals surface area contributed by atoms with Crippen LogP contribution in [0.15, 0.2) is 4.99 Å². The molecule has 0 saturated heterocycles. The first-order chi connectivity index (χ1) is 10.2. The van der Waals surface area contributed by atoms with Gasteiger partial charge >= 0.3 is 6.18 Å². The van der Waals surface area contributed by atoms with Crippen LogP contribution in [-0.2, 0) is 4.79 Å². The van der Waals surface area contributed by atoms with Crippen molar-refractivity contribution in [2.75, 3.05) is 33.2 Å². The number of likely N-dealkylation sites (N-methyl/N-ethyl adjacent to an activating group) is 1. The van der Waals surface area contributed by atoms with Crippen LogP contribution in [-0.4, -0.2) is 56.2 Å². The Kier molecular flexibility index (Phi) is 9.60.